The standard InChI is InChI=1S/C19H18N4O5/c1-11-16(18(24)21-13-6-4-7-14(10-13)23(26)27)17(22-19(25)20-11)12-5-3-8-15(9-12)28-2/h3-10,17H,1-2H3,(H,21,24)(H2,20,22,25)/t17-/m0/s1. The highest BCUT2D eigenvalue weighted by molar-refractivity contribution is 6.06. The number of nitrogens with zero attached hydrogens (tertiary/aromatic N) is 1. The molecule has 9 heteroatoms. The van der Waals surface area contributed by atoms with Crippen LogP contribution < -0.4 is 20.7 Å². The highest BCUT2D eigenvalue weighted by Crippen LogP contribution is 2.30. The highest BCUT2D eigenvalue weighted by Gasteiger charge is 2.31. The number of urea groups is 1. The molecule has 0 unspecified atom stereocenters. The minimum absolute atomic E-state index is 0.136. The number of hydrogen-bond acceptors (Lipinski definition) is 5. The lowest BCUT2D eigenvalue weighted by atomic mass is 9.94. The fourth-order valence-electron chi connectivity index (χ4n) is 2.96. The van der Waals surface area contributed by atoms with Crippen molar-refractivity contribution in [2.75, 3.05) is 12.4 Å². The molecule has 3 amide bonds. The number of nitrogens with one attached hydrogen (secondary N) is 3. The van der Waals surface area contributed by atoms with Crippen LogP contribution in [-0.4, -0.2) is 24.0 Å². The Morgan fingerprint density at radius 1 is 1.21 bits per heavy atom. The van der Waals surface area contributed by atoms with E-state index >= 15 is 0 Å². The average molecular weight is 382 g/mol. The number of carbonyl (C=O) groups excluding carboxylic acids is 2. The van der Waals surface area contributed by atoms with Crippen molar-refractivity contribution in [2.45, 2.75) is 13.0 Å². The summed E-state index contributed by atoms with van der Waals surface area (Å²) in [7, 11) is 1.52. The molecule has 3 N–H and O–H groups in total. The van der Waals surface area contributed by atoms with E-state index in [-0.39, 0.29) is 11.4 Å². The summed E-state index contributed by atoms with van der Waals surface area (Å²) in [5.41, 5.74) is 1.49. The van der Waals surface area contributed by atoms with Gasteiger partial charge in [0.2, 0.25) is 0 Å². The normalized spacial score (nSPS) is 16.1. The second-order valence-electron chi connectivity index (χ2n) is 6.11. The zero-order chi connectivity index (χ0) is 20.3. The molecule has 28 heavy (non-hydrogen) atoms. The fourth-order valence-corrected chi connectivity index (χ4v) is 2.96. The predicted molar refractivity (Wildman–Crippen MR) is 102 cm³/mol. The van der Waals surface area contributed by atoms with Crippen LogP contribution in [0.2, 0.25) is 0 Å². The number of ether oxygens (including phenoxy) is 1. The van der Waals surface area contributed by atoms with Crippen LogP contribution in [0, 0.1) is 10.1 Å². The zero-order valence-corrected chi connectivity index (χ0v) is 15.2. The molecule has 2 aromatic carbocycles. The van der Waals surface area contributed by atoms with E-state index in [4.69, 9.17) is 4.74 Å². The van der Waals surface area contributed by atoms with Gasteiger partial charge in [0.15, 0.2) is 0 Å². The van der Waals surface area contributed by atoms with E-state index in [0.29, 0.717) is 22.6 Å². The molecule has 0 saturated heterocycles. The Morgan fingerprint density at radius 2 is 1.96 bits per heavy atom. The molecule has 1 heterocycles. The smallest absolute Gasteiger partial charge is 0.319 e. The third-order valence-corrected chi connectivity index (χ3v) is 4.26. The van der Waals surface area contributed by atoms with Crippen molar-refractivity contribution in [3.05, 3.63) is 75.5 Å². The largest absolute Gasteiger partial charge is 0.497 e. The van der Waals surface area contributed by atoms with Gasteiger partial charge in [-0.05, 0) is 30.7 Å². The number of nitro benzene ring substituents is 1. The minimum Gasteiger partial charge on any atom is -0.497 e. The second-order valence-corrected chi connectivity index (χ2v) is 6.11. The molecule has 1 atom stereocenters. The minimum atomic E-state index is -0.706. The van der Waals surface area contributed by atoms with Gasteiger partial charge in [-0.3, -0.25) is 14.9 Å². The Balaban J connectivity index is 1.94. The third kappa shape index (κ3) is 3.93. The number of nitro groups is 1. The lowest BCUT2D eigenvalue weighted by molar-refractivity contribution is -0.384. The van der Waals surface area contributed by atoms with Crippen LogP contribution in [0.4, 0.5) is 16.2 Å². The lowest BCUT2D eigenvalue weighted by Gasteiger charge is -2.28. The van der Waals surface area contributed by atoms with E-state index < -0.39 is 22.9 Å². The van der Waals surface area contributed by atoms with Crippen LogP contribution in [0.5, 0.6) is 5.75 Å². The van der Waals surface area contributed by atoms with Crippen LogP contribution in [-0.2, 0) is 4.79 Å². The van der Waals surface area contributed by atoms with Gasteiger partial charge < -0.3 is 20.7 Å². The summed E-state index contributed by atoms with van der Waals surface area (Å²) < 4.78 is 5.22. The number of hydrogen-bond donors (Lipinski definition) is 3. The first-order chi connectivity index (χ1) is 13.4. The van der Waals surface area contributed by atoms with Gasteiger partial charge in [0.1, 0.15) is 5.75 Å². The van der Waals surface area contributed by atoms with Crippen LogP contribution >= 0.6 is 0 Å². The molecule has 2 aromatic rings. The monoisotopic (exact) mass is 382 g/mol. The number of benzene rings is 2. The second kappa shape index (κ2) is 7.78. The summed E-state index contributed by atoms with van der Waals surface area (Å²) in [6, 6.07) is 11.5. The van der Waals surface area contributed by atoms with Crippen molar-refractivity contribution in [2.24, 2.45) is 0 Å². The first-order valence-electron chi connectivity index (χ1n) is 8.37. The number of rotatable bonds is 5. The predicted octanol–water partition coefficient (Wildman–Crippen LogP) is 2.87. The first-order valence-corrected chi connectivity index (χ1v) is 8.37. The molecule has 9 nitrogen and oxygen atoms in total. The van der Waals surface area contributed by atoms with E-state index in [0.717, 1.165) is 0 Å². The van der Waals surface area contributed by atoms with Crippen LogP contribution in [0.1, 0.15) is 18.5 Å². The fraction of sp³-hybridized carbons (Fsp3) is 0.158. The number of allylic oxidation sites excluding steroid dienone is 1. The molecule has 1 aliphatic rings. The van der Waals surface area contributed by atoms with Crippen LogP contribution in [0.25, 0.3) is 0 Å². The molecule has 3 rings (SSSR count). The number of amides is 3. The molecule has 0 radical (unpaired) electrons. The summed E-state index contributed by atoms with van der Waals surface area (Å²) in [5, 5.41) is 18.9. The number of anilines is 1. The maximum atomic E-state index is 12.9. The van der Waals surface area contributed by atoms with Crippen molar-refractivity contribution in [3.8, 4) is 5.75 Å². The Hall–Kier alpha value is -3.88. The van der Waals surface area contributed by atoms with Gasteiger partial charge in [0, 0.05) is 23.5 Å². The number of carbonyl (C=O) groups is 2. The SMILES string of the molecule is COc1cccc([C@@H]2NC(=O)NC(C)=C2C(=O)Nc2cccc([N+](=O)[O-])c2)c1. The van der Waals surface area contributed by atoms with Crippen molar-refractivity contribution < 1.29 is 19.2 Å². The molecule has 0 aliphatic carbocycles. The molecule has 144 valence electrons. The van der Waals surface area contributed by atoms with Crippen LogP contribution in [0.3, 0.4) is 0 Å². The van der Waals surface area contributed by atoms with Gasteiger partial charge in [-0.25, -0.2) is 4.79 Å². The maximum absolute atomic E-state index is 12.9. The van der Waals surface area contributed by atoms with E-state index in [1.807, 2.05) is 0 Å². The van der Waals surface area contributed by atoms with Gasteiger partial charge in [0.25, 0.3) is 11.6 Å². The summed E-state index contributed by atoms with van der Waals surface area (Å²) in [6.07, 6.45) is 0. The molecular formula is C19H18N4O5. The Labute approximate surface area is 160 Å². The van der Waals surface area contributed by atoms with E-state index in [9.17, 15) is 19.7 Å². The van der Waals surface area contributed by atoms with Crippen LogP contribution in [0.15, 0.2) is 59.8 Å². The topological polar surface area (TPSA) is 123 Å². The summed E-state index contributed by atoms with van der Waals surface area (Å²) in [4.78, 5) is 35.3. The van der Waals surface area contributed by atoms with Gasteiger partial charge in [-0.1, -0.05) is 18.2 Å². The van der Waals surface area contributed by atoms with E-state index in [2.05, 4.69) is 16.0 Å². The Morgan fingerprint density at radius 3 is 2.68 bits per heavy atom. The zero-order valence-electron chi connectivity index (χ0n) is 15.2. The van der Waals surface area contributed by atoms with Crippen molar-refractivity contribution >= 4 is 23.3 Å². The van der Waals surface area contributed by atoms with Gasteiger partial charge in [0.05, 0.1) is 23.6 Å². The van der Waals surface area contributed by atoms with Crippen molar-refractivity contribution in [3.63, 3.8) is 0 Å². The Bertz CT molecular complexity index is 986. The van der Waals surface area contributed by atoms with E-state index in [1.165, 1.54) is 25.3 Å². The van der Waals surface area contributed by atoms with Gasteiger partial charge in [-0.2, -0.15) is 0 Å². The first kappa shape index (κ1) is 18.9. The molecule has 0 spiro atoms. The molecule has 0 saturated carbocycles. The molecule has 0 fully saturated rings. The quantitative estimate of drug-likeness (QED) is 0.542. The van der Waals surface area contributed by atoms with Crippen molar-refractivity contribution in [1.82, 2.24) is 10.6 Å². The van der Waals surface area contributed by atoms with Crippen molar-refractivity contribution in [1.29, 1.82) is 0 Å². The molecule has 0 bridgehead atoms. The molecular weight excluding hydrogens is 364 g/mol. The lowest BCUT2D eigenvalue weighted by Crippen LogP contribution is -2.45. The number of methoxy groups -OCH3 is 1. The highest BCUT2D eigenvalue weighted by atomic mass is 16.6. The Kier molecular flexibility index (Phi) is 5.25. The van der Waals surface area contributed by atoms with Gasteiger partial charge >= 0.3 is 6.03 Å². The summed E-state index contributed by atoms with van der Waals surface area (Å²) in [5.74, 6) is 0.0969. The maximum Gasteiger partial charge on any atom is 0.319 e. The summed E-state index contributed by atoms with van der Waals surface area (Å²) >= 11 is 0. The number of non-ortho nitro benzene ring substituents is 1. The third-order valence-electron chi connectivity index (χ3n) is 4.26. The van der Waals surface area contributed by atoms with Gasteiger partial charge in [-0.15, -0.1) is 0 Å². The summed E-state index contributed by atoms with van der Waals surface area (Å²) in [6.45, 7) is 1.62. The molecule has 0 aromatic heterocycles. The average Bonchev–Trinajstić information content (AvgIpc) is 2.67. The molecule has 1 aliphatic heterocycles. The van der Waals surface area contributed by atoms with E-state index in [1.54, 1.807) is 37.3 Å².